The van der Waals surface area contributed by atoms with E-state index in [1.54, 1.807) is 18.5 Å². The fraction of sp³-hybridized carbons (Fsp3) is 0.100. The van der Waals surface area contributed by atoms with Crippen LogP contribution in [0.1, 0.15) is 11.1 Å². The van der Waals surface area contributed by atoms with Crippen LogP contribution in [-0.4, -0.2) is 4.98 Å². The molecule has 60 valence electrons. The van der Waals surface area contributed by atoms with Crippen LogP contribution in [-0.2, 0) is 0 Å². The van der Waals surface area contributed by atoms with Crippen molar-refractivity contribution in [3.63, 3.8) is 0 Å². The SMILES string of the molecule is C=Cc1cnc2c(C)coc2c1. The maximum absolute atomic E-state index is 5.28. The van der Waals surface area contributed by atoms with E-state index < -0.39 is 0 Å². The molecule has 0 saturated heterocycles. The minimum absolute atomic E-state index is 0.824. The molecule has 0 atom stereocenters. The van der Waals surface area contributed by atoms with Crippen molar-refractivity contribution in [1.29, 1.82) is 0 Å². The predicted octanol–water partition coefficient (Wildman–Crippen LogP) is 2.78. The van der Waals surface area contributed by atoms with E-state index >= 15 is 0 Å². The van der Waals surface area contributed by atoms with Crippen LogP contribution in [0.4, 0.5) is 0 Å². The van der Waals surface area contributed by atoms with Gasteiger partial charge in [0.05, 0.1) is 6.26 Å². The van der Waals surface area contributed by atoms with Gasteiger partial charge in [-0.15, -0.1) is 0 Å². The standard InChI is InChI=1S/C10H9NO/c1-3-8-4-9-10(11-5-8)7(2)6-12-9/h3-6H,1H2,2H3. The molecule has 12 heavy (non-hydrogen) atoms. The highest BCUT2D eigenvalue weighted by Gasteiger charge is 2.02. The third-order valence-electron chi connectivity index (χ3n) is 1.85. The Labute approximate surface area is 70.5 Å². The summed E-state index contributed by atoms with van der Waals surface area (Å²) in [4.78, 5) is 4.25. The Bertz CT molecular complexity index is 428. The van der Waals surface area contributed by atoms with Gasteiger partial charge in [0.2, 0.25) is 0 Å². The third-order valence-corrected chi connectivity index (χ3v) is 1.85. The van der Waals surface area contributed by atoms with Gasteiger partial charge in [0.25, 0.3) is 0 Å². The van der Waals surface area contributed by atoms with Crippen molar-refractivity contribution < 1.29 is 4.42 Å². The number of nitrogens with zero attached hydrogens (tertiary/aromatic N) is 1. The molecule has 0 aliphatic rings. The van der Waals surface area contributed by atoms with Crippen molar-refractivity contribution in [3.05, 3.63) is 36.2 Å². The van der Waals surface area contributed by atoms with Crippen LogP contribution in [0.5, 0.6) is 0 Å². The van der Waals surface area contributed by atoms with E-state index in [4.69, 9.17) is 4.42 Å². The molecular formula is C10H9NO. The van der Waals surface area contributed by atoms with E-state index in [1.165, 1.54) is 0 Å². The Morgan fingerprint density at radius 3 is 3.17 bits per heavy atom. The summed E-state index contributed by atoms with van der Waals surface area (Å²) in [7, 11) is 0. The van der Waals surface area contributed by atoms with Crippen molar-refractivity contribution in [1.82, 2.24) is 4.98 Å². The average Bonchev–Trinajstić information content (AvgIpc) is 2.47. The molecule has 2 nitrogen and oxygen atoms in total. The molecule has 2 heteroatoms. The van der Waals surface area contributed by atoms with Crippen molar-refractivity contribution in [2.75, 3.05) is 0 Å². The second kappa shape index (κ2) is 2.48. The summed E-state index contributed by atoms with van der Waals surface area (Å²) in [6.07, 6.45) is 5.26. The molecule has 2 rings (SSSR count). The fourth-order valence-corrected chi connectivity index (χ4v) is 1.17. The summed E-state index contributed by atoms with van der Waals surface area (Å²) in [5, 5.41) is 0. The summed E-state index contributed by atoms with van der Waals surface area (Å²) in [6, 6.07) is 1.93. The van der Waals surface area contributed by atoms with Crippen LogP contribution >= 0.6 is 0 Å². The highest BCUT2D eigenvalue weighted by atomic mass is 16.3. The number of rotatable bonds is 1. The number of aryl methyl sites for hydroxylation is 1. The lowest BCUT2D eigenvalue weighted by atomic mass is 10.2. The van der Waals surface area contributed by atoms with E-state index in [2.05, 4.69) is 11.6 Å². The molecular weight excluding hydrogens is 150 g/mol. The number of furan rings is 1. The molecule has 2 aromatic rings. The van der Waals surface area contributed by atoms with Gasteiger partial charge in [-0.1, -0.05) is 12.7 Å². The van der Waals surface area contributed by atoms with E-state index in [9.17, 15) is 0 Å². The number of hydrogen-bond acceptors (Lipinski definition) is 2. The van der Waals surface area contributed by atoms with Gasteiger partial charge >= 0.3 is 0 Å². The fourth-order valence-electron chi connectivity index (χ4n) is 1.17. The van der Waals surface area contributed by atoms with Crippen LogP contribution in [0, 0.1) is 6.92 Å². The van der Waals surface area contributed by atoms with Crippen molar-refractivity contribution >= 4 is 17.2 Å². The highest BCUT2D eigenvalue weighted by molar-refractivity contribution is 5.78. The average molecular weight is 159 g/mol. The maximum Gasteiger partial charge on any atom is 0.153 e. The van der Waals surface area contributed by atoms with Gasteiger partial charge in [-0.2, -0.15) is 0 Å². The van der Waals surface area contributed by atoms with Crippen molar-refractivity contribution in [3.8, 4) is 0 Å². The molecule has 0 unspecified atom stereocenters. The Hall–Kier alpha value is -1.57. The number of hydrogen-bond donors (Lipinski definition) is 0. The van der Waals surface area contributed by atoms with Crippen molar-refractivity contribution in [2.45, 2.75) is 6.92 Å². The van der Waals surface area contributed by atoms with Crippen LogP contribution in [0.3, 0.4) is 0 Å². The van der Waals surface area contributed by atoms with E-state index in [0.29, 0.717) is 0 Å². The Morgan fingerprint density at radius 1 is 1.58 bits per heavy atom. The molecule has 0 radical (unpaired) electrons. The van der Waals surface area contributed by atoms with Gasteiger partial charge < -0.3 is 4.42 Å². The first kappa shape index (κ1) is 7.10. The van der Waals surface area contributed by atoms with Crippen LogP contribution < -0.4 is 0 Å². The second-order valence-corrected chi connectivity index (χ2v) is 2.74. The summed E-state index contributed by atoms with van der Waals surface area (Å²) in [5.41, 5.74) is 3.81. The van der Waals surface area contributed by atoms with Gasteiger partial charge in [-0.3, -0.25) is 4.98 Å². The van der Waals surface area contributed by atoms with Gasteiger partial charge in [0.1, 0.15) is 5.52 Å². The van der Waals surface area contributed by atoms with Gasteiger partial charge in [0, 0.05) is 11.8 Å². The first-order chi connectivity index (χ1) is 5.81. The van der Waals surface area contributed by atoms with E-state index in [-0.39, 0.29) is 0 Å². The molecule has 0 aromatic carbocycles. The number of pyridine rings is 1. The summed E-state index contributed by atoms with van der Waals surface area (Å²) < 4.78 is 5.28. The van der Waals surface area contributed by atoms with Gasteiger partial charge in [-0.25, -0.2) is 0 Å². The molecule has 0 fully saturated rings. The molecule has 0 bridgehead atoms. The Kier molecular flexibility index (Phi) is 1.47. The lowest BCUT2D eigenvalue weighted by Gasteiger charge is -1.91. The van der Waals surface area contributed by atoms with Gasteiger partial charge in [-0.05, 0) is 18.6 Å². The van der Waals surface area contributed by atoms with Crippen LogP contribution in [0.15, 0.2) is 29.5 Å². The molecule has 2 aromatic heterocycles. The second-order valence-electron chi connectivity index (χ2n) is 2.74. The largest absolute Gasteiger partial charge is 0.462 e. The topological polar surface area (TPSA) is 26.0 Å². The normalized spacial score (nSPS) is 10.4. The van der Waals surface area contributed by atoms with Crippen molar-refractivity contribution in [2.24, 2.45) is 0 Å². The maximum atomic E-state index is 5.28. The lowest BCUT2D eigenvalue weighted by molar-refractivity contribution is 0.612. The van der Waals surface area contributed by atoms with E-state index in [1.807, 2.05) is 13.0 Å². The lowest BCUT2D eigenvalue weighted by Crippen LogP contribution is -1.77. The smallest absolute Gasteiger partial charge is 0.153 e. The summed E-state index contributed by atoms with van der Waals surface area (Å²) in [6.45, 7) is 5.64. The number of aromatic nitrogens is 1. The summed E-state index contributed by atoms with van der Waals surface area (Å²) >= 11 is 0. The molecule has 0 amide bonds. The molecule has 0 aliphatic carbocycles. The zero-order valence-electron chi connectivity index (χ0n) is 6.87. The molecule has 0 N–H and O–H groups in total. The van der Waals surface area contributed by atoms with Crippen LogP contribution in [0.25, 0.3) is 17.2 Å². The summed E-state index contributed by atoms with van der Waals surface area (Å²) in [5.74, 6) is 0. The van der Waals surface area contributed by atoms with Crippen LogP contribution in [0.2, 0.25) is 0 Å². The zero-order chi connectivity index (χ0) is 8.55. The minimum atomic E-state index is 0.824. The Balaban J connectivity index is 2.77. The zero-order valence-corrected chi connectivity index (χ0v) is 6.87. The first-order valence-electron chi connectivity index (χ1n) is 3.77. The predicted molar refractivity (Wildman–Crippen MR) is 48.8 cm³/mol. The minimum Gasteiger partial charge on any atom is -0.462 e. The quantitative estimate of drug-likeness (QED) is 0.639. The Morgan fingerprint density at radius 2 is 2.42 bits per heavy atom. The molecule has 0 aliphatic heterocycles. The van der Waals surface area contributed by atoms with E-state index in [0.717, 1.165) is 22.2 Å². The highest BCUT2D eigenvalue weighted by Crippen LogP contribution is 2.18. The van der Waals surface area contributed by atoms with Gasteiger partial charge in [0.15, 0.2) is 5.58 Å². The molecule has 0 spiro atoms. The third kappa shape index (κ3) is 0.925. The monoisotopic (exact) mass is 159 g/mol. The molecule has 2 heterocycles. The molecule has 0 saturated carbocycles. The number of fused-ring (bicyclic) bond motifs is 1. The first-order valence-corrected chi connectivity index (χ1v) is 3.77.